The second-order valence-electron chi connectivity index (χ2n) is 7.53. The Bertz CT molecular complexity index is 1310. The standard InChI is InChI=1S/C26H22ClN5O2/c1-34-23-10-8-20(9-11-23)24-16-25(32(30-24)22-7-2-6-21(27)15-22)26(33)31(14-4-12-28)18-19-5-3-13-29-17-19/h2-3,5-11,13,15-17H,4,14,18H2,1H3. The Hall–Kier alpha value is -4.15. The minimum absolute atomic E-state index is 0.211. The van der Waals surface area contributed by atoms with E-state index in [1.807, 2.05) is 48.5 Å². The van der Waals surface area contributed by atoms with Crippen LogP contribution in [-0.2, 0) is 6.54 Å². The molecule has 2 aromatic heterocycles. The molecule has 0 bridgehead atoms. The summed E-state index contributed by atoms with van der Waals surface area (Å²) >= 11 is 6.23. The Morgan fingerprint density at radius 3 is 2.65 bits per heavy atom. The molecule has 8 heteroatoms. The number of carbonyl (C=O) groups is 1. The number of ether oxygens (including phenoxy) is 1. The molecule has 34 heavy (non-hydrogen) atoms. The number of methoxy groups -OCH3 is 1. The van der Waals surface area contributed by atoms with Gasteiger partial charge in [-0.25, -0.2) is 4.68 Å². The van der Waals surface area contributed by atoms with Crippen molar-refractivity contribution < 1.29 is 9.53 Å². The Morgan fingerprint density at radius 2 is 1.97 bits per heavy atom. The van der Waals surface area contributed by atoms with Gasteiger partial charge in [0.2, 0.25) is 0 Å². The maximum absolute atomic E-state index is 13.8. The van der Waals surface area contributed by atoms with Crippen LogP contribution in [0.2, 0.25) is 5.02 Å². The van der Waals surface area contributed by atoms with Crippen LogP contribution in [0.1, 0.15) is 22.5 Å². The lowest BCUT2D eigenvalue weighted by Crippen LogP contribution is -2.33. The Labute approximate surface area is 202 Å². The van der Waals surface area contributed by atoms with Crippen LogP contribution >= 0.6 is 11.6 Å². The third kappa shape index (κ3) is 5.25. The monoisotopic (exact) mass is 471 g/mol. The normalized spacial score (nSPS) is 10.5. The lowest BCUT2D eigenvalue weighted by atomic mass is 10.1. The average molecular weight is 472 g/mol. The van der Waals surface area contributed by atoms with Gasteiger partial charge in [-0.15, -0.1) is 0 Å². The number of nitrogens with zero attached hydrogens (tertiary/aromatic N) is 5. The molecule has 2 heterocycles. The van der Waals surface area contributed by atoms with Gasteiger partial charge in [0.15, 0.2) is 0 Å². The number of rotatable bonds is 8. The van der Waals surface area contributed by atoms with Crippen molar-refractivity contribution in [3.8, 4) is 28.8 Å². The number of nitriles is 1. The van der Waals surface area contributed by atoms with Crippen molar-refractivity contribution in [3.63, 3.8) is 0 Å². The van der Waals surface area contributed by atoms with Crippen LogP contribution in [0.15, 0.2) is 79.1 Å². The van der Waals surface area contributed by atoms with Crippen molar-refractivity contribution in [1.29, 1.82) is 5.26 Å². The molecule has 4 aromatic rings. The fourth-order valence-electron chi connectivity index (χ4n) is 3.55. The third-order valence-electron chi connectivity index (χ3n) is 5.24. The van der Waals surface area contributed by atoms with E-state index in [4.69, 9.17) is 26.7 Å². The van der Waals surface area contributed by atoms with Crippen molar-refractivity contribution in [2.45, 2.75) is 13.0 Å². The second-order valence-corrected chi connectivity index (χ2v) is 7.97. The van der Waals surface area contributed by atoms with E-state index in [0.717, 1.165) is 16.9 Å². The van der Waals surface area contributed by atoms with Gasteiger partial charge in [0.1, 0.15) is 11.4 Å². The Balaban J connectivity index is 1.77. The Kier molecular flexibility index (Phi) is 7.21. The van der Waals surface area contributed by atoms with Gasteiger partial charge in [-0.1, -0.05) is 23.7 Å². The zero-order valence-electron chi connectivity index (χ0n) is 18.6. The molecule has 0 spiro atoms. The highest BCUT2D eigenvalue weighted by Crippen LogP contribution is 2.26. The molecular weight excluding hydrogens is 450 g/mol. The van der Waals surface area contributed by atoms with Crippen molar-refractivity contribution in [2.75, 3.05) is 13.7 Å². The van der Waals surface area contributed by atoms with Gasteiger partial charge in [-0.3, -0.25) is 9.78 Å². The molecule has 0 radical (unpaired) electrons. The number of benzene rings is 2. The zero-order chi connectivity index (χ0) is 23.9. The molecule has 170 valence electrons. The zero-order valence-corrected chi connectivity index (χ0v) is 19.3. The molecule has 4 rings (SSSR count). The molecule has 2 aromatic carbocycles. The van der Waals surface area contributed by atoms with Gasteiger partial charge in [-0.2, -0.15) is 10.4 Å². The summed E-state index contributed by atoms with van der Waals surface area (Å²) in [7, 11) is 1.61. The van der Waals surface area contributed by atoms with E-state index in [9.17, 15) is 4.79 Å². The van der Waals surface area contributed by atoms with Crippen LogP contribution < -0.4 is 4.74 Å². The lowest BCUT2D eigenvalue weighted by Gasteiger charge is -2.22. The number of pyridine rings is 1. The number of carbonyl (C=O) groups excluding carboxylic acids is 1. The van der Waals surface area contributed by atoms with E-state index in [1.165, 1.54) is 0 Å². The highest BCUT2D eigenvalue weighted by Gasteiger charge is 2.23. The van der Waals surface area contributed by atoms with Crippen LogP contribution in [0.4, 0.5) is 0 Å². The third-order valence-corrected chi connectivity index (χ3v) is 5.48. The minimum Gasteiger partial charge on any atom is -0.497 e. The predicted octanol–water partition coefficient (Wildman–Crippen LogP) is 5.15. The molecule has 0 saturated carbocycles. The molecule has 0 aliphatic heterocycles. The summed E-state index contributed by atoms with van der Waals surface area (Å²) < 4.78 is 6.84. The van der Waals surface area contributed by atoms with E-state index in [1.54, 1.807) is 47.3 Å². The summed E-state index contributed by atoms with van der Waals surface area (Å²) in [6, 6.07) is 22.2. The number of hydrogen-bond acceptors (Lipinski definition) is 5. The molecule has 0 unspecified atom stereocenters. The Morgan fingerprint density at radius 1 is 1.15 bits per heavy atom. The van der Waals surface area contributed by atoms with Crippen molar-refractivity contribution in [2.24, 2.45) is 0 Å². The summed E-state index contributed by atoms with van der Waals surface area (Å²) in [6.07, 6.45) is 3.60. The second kappa shape index (κ2) is 10.6. The topological polar surface area (TPSA) is 84.0 Å². The molecule has 1 amide bonds. The number of hydrogen-bond donors (Lipinski definition) is 0. The maximum Gasteiger partial charge on any atom is 0.272 e. The minimum atomic E-state index is -0.244. The van der Waals surface area contributed by atoms with E-state index < -0.39 is 0 Å². The van der Waals surface area contributed by atoms with Gasteiger partial charge in [-0.05, 0) is 60.2 Å². The fourth-order valence-corrected chi connectivity index (χ4v) is 3.74. The van der Waals surface area contributed by atoms with Crippen LogP contribution in [0, 0.1) is 11.3 Å². The van der Waals surface area contributed by atoms with Crippen molar-refractivity contribution >= 4 is 17.5 Å². The lowest BCUT2D eigenvalue weighted by molar-refractivity contribution is 0.0737. The largest absolute Gasteiger partial charge is 0.497 e. The summed E-state index contributed by atoms with van der Waals surface area (Å²) in [4.78, 5) is 19.5. The first kappa shape index (κ1) is 23.0. The quantitative estimate of drug-likeness (QED) is 0.354. The molecule has 0 N–H and O–H groups in total. The highest BCUT2D eigenvalue weighted by molar-refractivity contribution is 6.30. The summed E-state index contributed by atoms with van der Waals surface area (Å²) in [6.45, 7) is 0.607. The van der Waals surface area contributed by atoms with Gasteiger partial charge < -0.3 is 9.64 Å². The van der Waals surface area contributed by atoms with E-state index in [-0.39, 0.29) is 18.9 Å². The van der Waals surface area contributed by atoms with Crippen LogP contribution in [0.25, 0.3) is 16.9 Å². The van der Waals surface area contributed by atoms with Gasteiger partial charge in [0, 0.05) is 36.1 Å². The SMILES string of the molecule is COc1ccc(-c2cc(C(=O)N(CCC#N)Cc3cccnc3)n(-c3cccc(Cl)c3)n2)cc1. The highest BCUT2D eigenvalue weighted by atomic mass is 35.5. The maximum atomic E-state index is 13.8. The molecule has 0 aliphatic rings. The predicted molar refractivity (Wildman–Crippen MR) is 130 cm³/mol. The number of aromatic nitrogens is 3. The molecular formula is C26H22ClN5O2. The van der Waals surface area contributed by atoms with Crippen molar-refractivity contribution in [3.05, 3.63) is 95.4 Å². The first-order chi connectivity index (χ1) is 16.6. The van der Waals surface area contributed by atoms with E-state index in [0.29, 0.717) is 28.6 Å². The van der Waals surface area contributed by atoms with E-state index in [2.05, 4.69) is 11.1 Å². The molecule has 0 aliphatic carbocycles. The first-order valence-electron chi connectivity index (χ1n) is 10.6. The fraction of sp³-hybridized carbons (Fsp3) is 0.154. The van der Waals surface area contributed by atoms with Crippen LogP contribution in [0.5, 0.6) is 5.75 Å². The molecule has 0 saturated heterocycles. The number of amides is 1. The van der Waals surface area contributed by atoms with Crippen molar-refractivity contribution in [1.82, 2.24) is 19.7 Å². The summed E-state index contributed by atoms with van der Waals surface area (Å²) in [5.74, 6) is 0.486. The van der Waals surface area contributed by atoms with Gasteiger partial charge >= 0.3 is 0 Å². The average Bonchev–Trinajstić information content (AvgIpc) is 3.32. The number of halogens is 1. The van der Waals surface area contributed by atoms with Gasteiger partial charge in [0.05, 0.1) is 31.0 Å². The molecule has 7 nitrogen and oxygen atoms in total. The summed E-state index contributed by atoms with van der Waals surface area (Å²) in [5, 5.41) is 14.4. The van der Waals surface area contributed by atoms with Crippen LogP contribution in [-0.4, -0.2) is 39.2 Å². The summed E-state index contributed by atoms with van der Waals surface area (Å²) in [5.41, 5.74) is 3.38. The van der Waals surface area contributed by atoms with Gasteiger partial charge in [0.25, 0.3) is 5.91 Å². The molecule has 0 atom stereocenters. The van der Waals surface area contributed by atoms with Crippen LogP contribution in [0.3, 0.4) is 0 Å². The smallest absolute Gasteiger partial charge is 0.272 e. The molecule has 0 fully saturated rings. The van der Waals surface area contributed by atoms with E-state index >= 15 is 0 Å². The first-order valence-corrected chi connectivity index (χ1v) is 11.0.